The topological polar surface area (TPSA) is 89.3 Å². The summed E-state index contributed by atoms with van der Waals surface area (Å²) in [6.45, 7) is 2.50. The highest BCUT2D eigenvalue weighted by molar-refractivity contribution is 7.91. The molecular formula is C11H16N2O4S. The van der Waals surface area contributed by atoms with Crippen molar-refractivity contribution in [1.82, 2.24) is 5.32 Å². The van der Waals surface area contributed by atoms with E-state index in [1.807, 2.05) is 0 Å². The first-order valence-corrected chi connectivity index (χ1v) is 7.41. The van der Waals surface area contributed by atoms with Gasteiger partial charge in [0.1, 0.15) is 0 Å². The lowest BCUT2D eigenvalue weighted by Crippen LogP contribution is -2.23. The molecule has 0 atom stereocenters. The number of non-ortho nitro benzene ring substituents is 1. The normalized spacial score (nSPS) is 11.4. The second kappa shape index (κ2) is 6.46. The molecule has 0 fully saturated rings. The van der Waals surface area contributed by atoms with E-state index in [0.717, 1.165) is 5.56 Å². The van der Waals surface area contributed by atoms with Gasteiger partial charge in [0, 0.05) is 31.0 Å². The third kappa shape index (κ3) is 4.80. The van der Waals surface area contributed by atoms with E-state index in [4.69, 9.17) is 0 Å². The molecule has 0 saturated heterocycles. The monoisotopic (exact) mass is 272 g/mol. The smallest absolute Gasteiger partial charge is 0.269 e. The van der Waals surface area contributed by atoms with Gasteiger partial charge in [-0.1, -0.05) is 19.1 Å². The number of nitrogens with one attached hydrogen (secondary N) is 1. The highest BCUT2D eigenvalue weighted by atomic mass is 32.2. The molecule has 0 spiro atoms. The van der Waals surface area contributed by atoms with Crippen LogP contribution in [0.5, 0.6) is 0 Å². The van der Waals surface area contributed by atoms with Crippen molar-refractivity contribution >= 4 is 15.5 Å². The van der Waals surface area contributed by atoms with Crippen LogP contribution in [0.15, 0.2) is 24.3 Å². The van der Waals surface area contributed by atoms with Crippen molar-refractivity contribution < 1.29 is 13.3 Å². The predicted octanol–water partition coefficient (Wildman–Crippen LogP) is 1.12. The number of nitro groups is 1. The maximum atomic E-state index is 11.2. The molecule has 1 aromatic carbocycles. The van der Waals surface area contributed by atoms with E-state index in [1.54, 1.807) is 19.1 Å². The molecule has 100 valence electrons. The fourth-order valence-corrected chi connectivity index (χ4v) is 2.08. The first kappa shape index (κ1) is 14.6. The molecule has 0 heterocycles. The summed E-state index contributed by atoms with van der Waals surface area (Å²) in [6, 6.07) is 6.17. The highest BCUT2D eigenvalue weighted by Crippen LogP contribution is 2.11. The van der Waals surface area contributed by atoms with Gasteiger partial charge >= 0.3 is 0 Å². The van der Waals surface area contributed by atoms with Gasteiger partial charge in [-0.05, 0) is 5.56 Å². The largest absolute Gasteiger partial charge is 0.312 e. The minimum atomic E-state index is -2.94. The van der Waals surface area contributed by atoms with E-state index in [1.165, 1.54) is 12.1 Å². The molecular weight excluding hydrogens is 256 g/mol. The van der Waals surface area contributed by atoms with Crippen molar-refractivity contribution in [1.29, 1.82) is 0 Å². The standard InChI is InChI=1S/C11H16N2O4S/c1-2-18(16,17)8-7-12-9-10-3-5-11(6-4-10)13(14)15/h3-6,12H,2,7-9H2,1H3. The average molecular weight is 272 g/mol. The van der Waals surface area contributed by atoms with Crippen molar-refractivity contribution in [2.75, 3.05) is 18.1 Å². The third-order valence-electron chi connectivity index (χ3n) is 2.51. The Balaban J connectivity index is 2.38. The fraction of sp³-hybridized carbons (Fsp3) is 0.455. The van der Waals surface area contributed by atoms with E-state index in [-0.39, 0.29) is 17.2 Å². The molecule has 18 heavy (non-hydrogen) atoms. The molecule has 7 heteroatoms. The molecule has 0 aliphatic rings. The fourth-order valence-electron chi connectivity index (χ4n) is 1.34. The molecule has 1 aromatic rings. The van der Waals surface area contributed by atoms with Crippen LogP contribution in [0.3, 0.4) is 0 Å². The van der Waals surface area contributed by atoms with Gasteiger partial charge in [0.05, 0.1) is 10.7 Å². The average Bonchev–Trinajstić information content (AvgIpc) is 2.35. The Labute approximate surface area is 106 Å². The lowest BCUT2D eigenvalue weighted by Gasteiger charge is -2.04. The van der Waals surface area contributed by atoms with Gasteiger partial charge in [0.2, 0.25) is 0 Å². The molecule has 0 aromatic heterocycles. The van der Waals surface area contributed by atoms with E-state index < -0.39 is 14.8 Å². The second-order valence-electron chi connectivity index (χ2n) is 3.84. The van der Waals surface area contributed by atoms with Crippen LogP contribution in [0.2, 0.25) is 0 Å². The van der Waals surface area contributed by atoms with E-state index in [2.05, 4.69) is 5.32 Å². The van der Waals surface area contributed by atoms with Crippen LogP contribution < -0.4 is 5.32 Å². The Kier molecular flexibility index (Phi) is 5.24. The maximum Gasteiger partial charge on any atom is 0.269 e. The lowest BCUT2D eigenvalue weighted by molar-refractivity contribution is -0.384. The van der Waals surface area contributed by atoms with Crippen LogP contribution in [-0.4, -0.2) is 31.4 Å². The zero-order valence-electron chi connectivity index (χ0n) is 10.1. The Bertz CT molecular complexity index is 496. The summed E-state index contributed by atoms with van der Waals surface area (Å²) >= 11 is 0. The quantitative estimate of drug-likeness (QED) is 0.456. The zero-order chi connectivity index (χ0) is 13.6. The minimum absolute atomic E-state index is 0.0484. The molecule has 0 unspecified atom stereocenters. The summed E-state index contributed by atoms with van der Waals surface area (Å²) in [7, 11) is -2.94. The molecule has 6 nitrogen and oxygen atoms in total. The Morgan fingerprint density at radius 1 is 1.28 bits per heavy atom. The molecule has 1 rings (SSSR count). The van der Waals surface area contributed by atoms with Crippen molar-refractivity contribution in [3.8, 4) is 0 Å². The summed E-state index contributed by atoms with van der Waals surface area (Å²) in [4.78, 5) is 9.99. The molecule has 0 aliphatic heterocycles. The Hall–Kier alpha value is -1.47. The number of hydrogen-bond acceptors (Lipinski definition) is 5. The molecule has 0 radical (unpaired) electrons. The van der Waals surface area contributed by atoms with Crippen molar-refractivity contribution in [3.63, 3.8) is 0 Å². The predicted molar refractivity (Wildman–Crippen MR) is 69.1 cm³/mol. The van der Waals surface area contributed by atoms with E-state index >= 15 is 0 Å². The number of hydrogen-bond donors (Lipinski definition) is 1. The van der Waals surface area contributed by atoms with Gasteiger partial charge in [0.25, 0.3) is 5.69 Å². The third-order valence-corrected chi connectivity index (χ3v) is 4.21. The second-order valence-corrected chi connectivity index (χ2v) is 6.31. The van der Waals surface area contributed by atoms with E-state index in [0.29, 0.717) is 13.1 Å². The number of sulfone groups is 1. The Morgan fingerprint density at radius 3 is 2.39 bits per heavy atom. The van der Waals surface area contributed by atoms with Gasteiger partial charge < -0.3 is 5.32 Å². The van der Waals surface area contributed by atoms with Crippen LogP contribution >= 0.6 is 0 Å². The highest BCUT2D eigenvalue weighted by Gasteiger charge is 2.06. The molecule has 0 aliphatic carbocycles. The van der Waals surface area contributed by atoms with Crippen molar-refractivity contribution in [2.24, 2.45) is 0 Å². The van der Waals surface area contributed by atoms with Crippen LogP contribution in [0.25, 0.3) is 0 Å². The first-order chi connectivity index (χ1) is 8.44. The van der Waals surface area contributed by atoms with Gasteiger partial charge in [-0.2, -0.15) is 0 Å². The lowest BCUT2D eigenvalue weighted by atomic mass is 10.2. The molecule has 0 saturated carbocycles. The van der Waals surface area contributed by atoms with Gasteiger partial charge in [-0.3, -0.25) is 10.1 Å². The van der Waals surface area contributed by atoms with Crippen LogP contribution in [0, 0.1) is 10.1 Å². The number of benzene rings is 1. The van der Waals surface area contributed by atoms with Crippen LogP contribution in [0.1, 0.15) is 12.5 Å². The minimum Gasteiger partial charge on any atom is -0.312 e. The van der Waals surface area contributed by atoms with Crippen molar-refractivity contribution in [2.45, 2.75) is 13.5 Å². The summed E-state index contributed by atoms with van der Waals surface area (Å²) < 4.78 is 22.4. The number of nitrogens with zero attached hydrogens (tertiary/aromatic N) is 1. The number of rotatable bonds is 7. The van der Waals surface area contributed by atoms with E-state index in [9.17, 15) is 18.5 Å². The van der Waals surface area contributed by atoms with Gasteiger partial charge in [-0.15, -0.1) is 0 Å². The van der Waals surface area contributed by atoms with Crippen LogP contribution in [-0.2, 0) is 16.4 Å². The maximum absolute atomic E-state index is 11.2. The van der Waals surface area contributed by atoms with Gasteiger partial charge in [-0.25, -0.2) is 8.42 Å². The molecule has 1 N–H and O–H groups in total. The zero-order valence-corrected chi connectivity index (χ0v) is 10.9. The van der Waals surface area contributed by atoms with Crippen molar-refractivity contribution in [3.05, 3.63) is 39.9 Å². The SMILES string of the molecule is CCS(=O)(=O)CCNCc1ccc([N+](=O)[O-])cc1. The number of nitro benzene ring substituents is 1. The van der Waals surface area contributed by atoms with Crippen LogP contribution in [0.4, 0.5) is 5.69 Å². The first-order valence-electron chi connectivity index (χ1n) is 5.59. The summed E-state index contributed by atoms with van der Waals surface area (Å²) in [5.74, 6) is 0.253. The summed E-state index contributed by atoms with van der Waals surface area (Å²) in [6.07, 6.45) is 0. The molecule has 0 bridgehead atoms. The van der Waals surface area contributed by atoms with Gasteiger partial charge in [0.15, 0.2) is 9.84 Å². The summed E-state index contributed by atoms with van der Waals surface area (Å²) in [5.41, 5.74) is 0.932. The summed E-state index contributed by atoms with van der Waals surface area (Å²) in [5, 5.41) is 13.4. The Morgan fingerprint density at radius 2 is 1.89 bits per heavy atom. The molecule has 0 amide bonds.